The highest BCUT2D eigenvalue weighted by atomic mass is 32.3. The van der Waals surface area contributed by atoms with Gasteiger partial charge in [0.2, 0.25) is 0 Å². The van der Waals surface area contributed by atoms with E-state index >= 15 is 0 Å². The van der Waals surface area contributed by atoms with Crippen LogP contribution in [0.1, 0.15) is 169 Å². The molecule has 0 aromatic heterocycles. The van der Waals surface area contributed by atoms with Crippen molar-refractivity contribution >= 4 is 16.6 Å². The third kappa shape index (κ3) is 10.9. The Kier molecular flexibility index (Phi) is 15.2. The van der Waals surface area contributed by atoms with Gasteiger partial charge in [-0.05, 0) is 104 Å². The molecule has 0 aromatic carbocycles. The number of ether oxygens (including phenoxy) is 2. The minimum absolute atomic E-state index is 0.0479. The molecule has 8 atom stereocenters. The third-order valence-corrected chi connectivity index (χ3v) is 14.0. The van der Waals surface area contributed by atoms with Gasteiger partial charge < -0.3 is 9.47 Å². The molecule has 3 fully saturated rings. The highest BCUT2D eigenvalue weighted by molar-refractivity contribution is 7.80. The maximum absolute atomic E-state index is 12.6. The summed E-state index contributed by atoms with van der Waals surface area (Å²) in [5.41, 5.74) is 2.33. The monoisotopic (exact) mass is 694 g/mol. The Balaban J connectivity index is 1.10. The van der Waals surface area contributed by atoms with E-state index in [1.54, 1.807) is 5.57 Å². The minimum atomic E-state index is -4.31. The first kappa shape index (κ1) is 39.7. The molecule has 0 radical (unpaired) electrons. The molecule has 0 aliphatic heterocycles. The normalized spacial score (nSPS) is 32.2. The number of fused-ring (bicyclic) bond motifs is 5. The van der Waals surface area contributed by atoms with E-state index in [4.69, 9.17) is 14.0 Å². The molecule has 0 spiro atoms. The lowest BCUT2D eigenvalue weighted by molar-refractivity contribution is -0.0617. The summed E-state index contributed by atoms with van der Waals surface area (Å²) in [7, 11) is -4.31. The van der Waals surface area contributed by atoms with E-state index in [0.717, 1.165) is 93.3 Å². The second kappa shape index (κ2) is 18.4. The molecule has 0 saturated heterocycles. The number of carbonyl (C=O) groups is 1. The van der Waals surface area contributed by atoms with Gasteiger partial charge in [0, 0.05) is 6.42 Å². The molecule has 4 rings (SSSR count). The first-order valence-corrected chi connectivity index (χ1v) is 21.3. The fourth-order valence-electron chi connectivity index (χ4n) is 10.9. The molecule has 0 bridgehead atoms. The molecule has 0 heterocycles. The van der Waals surface area contributed by atoms with Gasteiger partial charge in [-0.3, -0.25) is 4.55 Å². The first-order valence-electron chi connectivity index (χ1n) is 20.0. The quantitative estimate of drug-likeness (QED) is 0.0586. The molecule has 48 heavy (non-hydrogen) atoms. The zero-order valence-electron chi connectivity index (χ0n) is 31.2. The van der Waals surface area contributed by atoms with Crippen LogP contribution in [0.2, 0.25) is 0 Å². The molecule has 7 nitrogen and oxygen atoms in total. The Morgan fingerprint density at radius 2 is 1.48 bits per heavy atom. The van der Waals surface area contributed by atoms with Gasteiger partial charge in [-0.15, -0.1) is 0 Å². The summed E-state index contributed by atoms with van der Waals surface area (Å²) in [6.07, 6.45) is 26.3. The number of allylic oxidation sites excluding steroid dienone is 1. The fraction of sp³-hybridized carbons (Fsp3) is 0.925. The van der Waals surface area contributed by atoms with Crippen LogP contribution in [0, 0.1) is 46.3 Å². The summed E-state index contributed by atoms with van der Waals surface area (Å²) in [4.78, 5) is 12.6. The minimum Gasteiger partial charge on any atom is -0.434 e. The highest BCUT2D eigenvalue weighted by Crippen LogP contribution is 2.67. The van der Waals surface area contributed by atoms with E-state index in [1.165, 1.54) is 70.6 Å². The van der Waals surface area contributed by atoms with Crippen LogP contribution in [0.3, 0.4) is 0 Å². The number of unbranched alkanes of at least 4 members (excludes halogenated alkanes) is 9. The van der Waals surface area contributed by atoms with Crippen molar-refractivity contribution in [2.45, 2.75) is 176 Å². The van der Waals surface area contributed by atoms with Crippen molar-refractivity contribution in [3.63, 3.8) is 0 Å². The largest absolute Gasteiger partial charge is 0.508 e. The van der Waals surface area contributed by atoms with E-state index in [-0.39, 0.29) is 18.1 Å². The molecule has 0 unspecified atom stereocenters. The van der Waals surface area contributed by atoms with E-state index in [2.05, 4.69) is 44.9 Å². The van der Waals surface area contributed by atoms with Crippen LogP contribution in [0.5, 0.6) is 0 Å². The van der Waals surface area contributed by atoms with Crippen LogP contribution in [0.4, 0.5) is 4.79 Å². The number of rotatable bonds is 20. The molecule has 0 aromatic rings. The highest BCUT2D eigenvalue weighted by Gasteiger charge is 2.59. The SMILES string of the molecule is CC(C)CCC[C@@H](C)[C@H]1CC[C@H]2[C@@H]3CC=C4C[C@@H](OC(=O)OCCCCCCCCCCCCOS(=O)(=O)O)CC[C@]4(C)[C@H]3CC[C@]12C. The number of carbonyl (C=O) groups excluding carboxylic acids is 1. The summed E-state index contributed by atoms with van der Waals surface area (Å²) in [5, 5.41) is 0. The topological polar surface area (TPSA) is 99.1 Å². The van der Waals surface area contributed by atoms with Gasteiger partial charge in [-0.2, -0.15) is 8.42 Å². The van der Waals surface area contributed by atoms with Gasteiger partial charge in [0.15, 0.2) is 0 Å². The predicted molar refractivity (Wildman–Crippen MR) is 193 cm³/mol. The Morgan fingerprint density at radius 3 is 2.12 bits per heavy atom. The van der Waals surface area contributed by atoms with Crippen LogP contribution in [-0.4, -0.2) is 38.4 Å². The maximum Gasteiger partial charge on any atom is 0.508 e. The van der Waals surface area contributed by atoms with Gasteiger partial charge in [-0.25, -0.2) is 8.98 Å². The molecule has 0 amide bonds. The van der Waals surface area contributed by atoms with Crippen molar-refractivity contribution in [1.82, 2.24) is 0 Å². The third-order valence-electron chi connectivity index (χ3n) is 13.5. The second-order valence-corrected chi connectivity index (χ2v) is 18.2. The zero-order chi connectivity index (χ0) is 34.8. The maximum atomic E-state index is 12.6. The van der Waals surface area contributed by atoms with Crippen LogP contribution in [0.15, 0.2) is 11.6 Å². The number of hydrogen-bond donors (Lipinski definition) is 1. The van der Waals surface area contributed by atoms with Gasteiger partial charge >= 0.3 is 16.6 Å². The van der Waals surface area contributed by atoms with Gasteiger partial charge in [0.05, 0.1) is 13.2 Å². The van der Waals surface area contributed by atoms with Gasteiger partial charge in [0.25, 0.3) is 0 Å². The van der Waals surface area contributed by atoms with Crippen molar-refractivity contribution < 1.29 is 31.4 Å². The Labute approximate surface area is 294 Å². The molecule has 3 saturated carbocycles. The Morgan fingerprint density at radius 1 is 0.833 bits per heavy atom. The summed E-state index contributed by atoms with van der Waals surface area (Å²) in [6, 6.07) is 0. The molecule has 4 aliphatic carbocycles. The molecular formula is C40H70O7S. The van der Waals surface area contributed by atoms with Crippen molar-refractivity contribution in [2.24, 2.45) is 46.3 Å². The summed E-state index contributed by atoms with van der Waals surface area (Å²) < 4.78 is 45.2. The number of hydrogen-bond acceptors (Lipinski definition) is 6. The van der Waals surface area contributed by atoms with E-state index in [9.17, 15) is 13.2 Å². The van der Waals surface area contributed by atoms with Crippen LogP contribution in [-0.2, 0) is 24.1 Å². The van der Waals surface area contributed by atoms with E-state index < -0.39 is 16.6 Å². The zero-order valence-corrected chi connectivity index (χ0v) is 32.0. The molecule has 4 aliphatic rings. The fourth-order valence-corrected chi connectivity index (χ4v) is 11.2. The molecular weight excluding hydrogens is 624 g/mol. The van der Waals surface area contributed by atoms with Gasteiger partial charge in [0.1, 0.15) is 6.10 Å². The van der Waals surface area contributed by atoms with Crippen molar-refractivity contribution in [3.8, 4) is 0 Å². The standard InChI is InChI=1S/C40H70O7S/c1-30(2)17-16-18-31(3)35-21-22-36-34-20-19-32-29-33(23-25-39(32,4)37(34)24-26-40(35,36)5)47-38(41)45-27-14-12-10-8-6-7-9-11-13-15-28-46-48(42,43)44/h19,30-31,33-37H,6-18,20-29H2,1-5H3,(H,42,43,44)/t31-,33+,34+,35-,36+,37+,39+,40-/m1/s1. The van der Waals surface area contributed by atoms with Gasteiger partial charge in [-0.1, -0.05) is 117 Å². The average molecular weight is 695 g/mol. The van der Waals surface area contributed by atoms with E-state index in [0.29, 0.717) is 18.4 Å². The van der Waals surface area contributed by atoms with Crippen LogP contribution >= 0.6 is 0 Å². The lowest BCUT2D eigenvalue weighted by atomic mass is 9.47. The summed E-state index contributed by atoms with van der Waals surface area (Å²) in [5.74, 6) is 5.02. The molecule has 1 N–H and O–H groups in total. The molecule has 278 valence electrons. The van der Waals surface area contributed by atoms with Crippen molar-refractivity contribution in [1.29, 1.82) is 0 Å². The summed E-state index contributed by atoms with van der Waals surface area (Å²) >= 11 is 0. The lowest BCUT2D eigenvalue weighted by Gasteiger charge is -2.58. The Bertz CT molecular complexity index is 1130. The van der Waals surface area contributed by atoms with Crippen LogP contribution in [0.25, 0.3) is 0 Å². The smallest absolute Gasteiger partial charge is 0.434 e. The lowest BCUT2D eigenvalue weighted by Crippen LogP contribution is -2.51. The van der Waals surface area contributed by atoms with Crippen molar-refractivity contribution in [2.75, 3.05) is 13.2 Å². The van der Waals surface area contributed by atoms with Crippen LogP contribution < -0.4 is 0 Å². The van der Waals surface area contributed by atoms with E-state index in [1.807, 2.05) is 0 Å². The average Bonchev–Trinajstić information content (AvgIpc) is 3.38. The molecule has 8 heteroatoms. The summed E-state index contributed by atoms with van der Waals surface area (Å²) in [6.45, 7) is 13.0. The van der Waals surface area contributed by atoms with Crippen molar-refractivity contribution in [3.05, 3.63) is 11.6 Å². The second-order valence-electron chi connectivity index (χ2n) is 17.2. The Hall–Kier alpha value is -1.12. The predicted octanol–water partition coefficient (Wildman–Crippen LogP) is 11.3. The first-order chi connectivity index (χ1) is 22.8.